The van der Waals surface area contributed by atoms with E-state index in [0.717, 1.165) is 5.56 Å². The first-order valence-corrected chi connectivity index (χ1v) is 8.02. The third-order valence-electron chi connectivity index (χ3n) is 4.27. The number of carbonyl (C=O) groups is 1. The number of hydrogen-bond acceptors (Lipinski definition) is 5. The summed E-state index contributed by atoms with van der Waals surface area (Å²) in [7, 11) is 0. The van der Waals surface area contributed by atoms with E-state index in [1.165, 1.54) is 0 Å². The molecule has 23 heavy (non-hydrogen) atoms. The second kappa shape index (κ2) is 6.57. The molecule has 2 saturated heterocycles. The fourth-order valence-corrected chi connectivity index (χ4v) is 3.19. The standard InChI is InChI=1S/C17H24N2O4/c1-17(2)22-15-12(18-10-13(20)16(15)23-17)8-14(21)19-9-11-6-4-3-5-7-11/h3-7,12-13,15-16,18,20H,8-10H2,1-2H3,(H,19,21)/t12-,13+,15-,16+/m0/s1. The summed E-state index contributed by atoms with van der Waals surface area (Å²) in [5.74, 6) is -0.782. The van der Waals surface area contributed by atoms with Crippen molar-refractivity contribution in [2.24, 2.45) is 0 Å². The molecule has 126 valence electrons. The van der Waals surface area contributed by atoms with Crippen LogP contribution in [0.3, 0.4) is 0 Å². The number of piperidine rings is 1. The van der Waals surface area contributed by atoms with Gasteiger partial charge in [0.1, 0.15) is 12.2 Å². The average molecular weight is 320 g/mol. The van der Waals surface area contributed by atoms with Gasteiger partial charge in [0.2, 0.25) is 5.91 Å². The molecule has 2 aliphatic rings. The Morgan fingerprint density at radius 3 is 2.74 bits per heavy atom. The first-order valence-electron chi connectivity index (χ1n) is 8.02. The third kappa shape index (κ3) is 3.90. The van der Waals surface area contributed by atoms with Gasteiger partial charge in [-0.25, -0.2) is 0 Å². The highest BCUT2D eigenvalue weighted by molar-refractivity contribution is 5.76. The number of amides is 1. The van der Waals surface area contributed by atoms with Crippen molar-refractivity contribution in [2.75, 3.05) is 6.54 Å². The molecule has 6 heteroatoms. The van der Waals surface area contributed by atoms with Gasteiger partial charge in [0.15, 0.2) is 5.79 Å². The zero-order valence-electron chi connectivity index (χ0n) is 13.5. The van der Waals surface area contributed by atoms with Crippen LogP contribution < -0.4 is 10.6 Å². The van der Waals surface area contributed by atoms with Crippen molar-refractivity contribution in [3.63, 3.8) is 0 Å². The molecule has 2 heterocycles. The fourth-order valence-electron chi connectivity index (χ4n) is 3.19. The molecule has 3 N–H and O–H groups in total. The van der Waals surface area contributed by atoms with Crippen molar-refractivity contribution in [2.45, 2.75) is 57.0 Å². The van der Waals surface area contributed by atoms with Crippen LogP contribution in [-0.4, -0.2) is 47.7 Å². The first kappa shape index (κ1) is 16.4. The monoisotopic (exact) mass is 320 g/mol. The number of nitrogens with one attached hydrogen (secondary N) is 2. The zero-order valence-corrected chi connectivity index (χ0v) is 13.5. The van der Waals surface area contributed by atoms with Gasteiger partial charge in [-0.2, -0.15) is 0 Å². The van der Waals surface area contributed by atoms with E-state index in [-0.39, 0.29) is 18.1 Å². The predicted octanol–water partition coefficient (Wildman–Crippen LogP) is 0.546. The Kier molecular flexibility index (Phi) is 4.68. The third-order valence-corrected chi connectivity index (χ3v) is 4.27. The lowest BCUT2D eigenvalue weighted by atomic mass is 9.94. The summed E-state index contributed by atoms with van der Waals surface area (Å²) in [6.07, 6.45) is -1.04. The molecular formula is C17H24N2O4. The largest absolute Gasteiger partial charge is 0.389 e. The minimum atomic E-state index is -0.735. The lowest BCUT2D eigenvalue weighted by molar-refractivity contribution is -0.153. The van der Waals surface area contributed by atoms with Gasteiger partial charge in [-0.05, 0) is 19.4 Å². The minimum Gasteiger partial charge on any atom is -0.389 e. The number of aliphatic hydroxyl groups excluding tert-OH is 1. The van der Waals surface area contributed by atoms with Crippen molar-refractivity contribution >= 4 is 5.91 Å². The second-order valence-electron chi connectivity index (χ2n) is 6.61. The molecule has 2 fully saturated rings. The fraction of sp³-hybridized carbons (Fsp3) is 0.588. The smallest absolute Gasteiger partial charge is 0.221 e. The van der Waals surface area contributed by atoms with Crippen LogP contribution in [-0.2, 0) is 20.8 Å². The van der Waals surface area contributed by atoms with Crippen LogP contribution in [0.1, 0.15) is 25.8 Å². The van der Waals surface area contributed by atoms with E-state index in [0.29, 0.717) is 19.5 Å². The topological polar surface area (TPSA) is 79.8 Å². The molecular weight excluding hydrogens is 296 g/mol. The Labute approximate surface area is 136 Å². The lowest BCUT2D eigenvalue weighted by Gasteiger charge is -2.35. The van der Waals surface area contributed by atoms with Gasteiger partial charge in [-0.1, -0.05) is 30.3 Å². The van der Waals surface area contributed by atoms with Crippen molar-refractivity contribution in [3.05, 3.63) is 35.9 Å². The molecule has 3 rings (SSSR count). The number of β-amino-alcohol motifs (C(OH)–C–C–N with tert-alkyl or cyclic N) is 1. The Balaban J connectivity index is 1.56. The molecule has 0 unspecified atom stereocenters. The first-order chi connectivity index (χ1) is 10.9. The van der Waals surface area contributed by atoms with Gasteiger partial charge in [0.25, 0.3) is 0 Å². The normalized spacial score (nSPS) is 32.3. The summed E-state index contributed by atoms with van der Waals surface area (Å²) in [6.45, 7) is 4.55. The van der Waals surface area contributed by atoms with E-state index in [9.17, 15) is 9.90 Å². The van der Waals surface area contributed by atoms with E-state index in [2.05, 4.69) is 10.6 Å². The average Bonchev–Trinajstić information content (AvgIpc) is 2.86. The summed E-state index contributed by atoms with van der Waals surface area (Å²) in [5.41, 5.74) is 1.06. The molecule has 0 aliphatic carbocycles. The molecule has 0 aromatic heterocycles. The van der Waals surface area contributed by atoms with Gasteiger partial charge < -0.3 is 25.2 Å². The summed E-state index contributed by atoms with van der Waals surface area (Å²) in [4.78, 5) is 12.2. The molecule has 4 atom stereocenters. The maximum absolute atomic E-state index is 12.2. The highest BCUT2D eigenvalue weighted by atomic mass is 16.8. The molecule has 1 aromatic carbocycles. The minimum absolute atomic E-state index is 0.0465. The molecule has 0 radical (unpaired) electrons. The number of aliphatic hydroxyl groups is 1. The Morgan fingerprint density at radius 1 is 1.30 bits per heavy atom. The van der Waals surface area contributed by atoms with Gasteiger partial charge in [-0.15, -0.1) is 0 Å². The van der Waals surface area contributed by atoms with Crippen molar-refractivity contribution < 1.29 is 19.4 Å². The van der Waals surface area contributed by atoms with E-state index in [1.807, 2.05) is 44.2 Å². The summed E-state index contributed by atoms with van der Waals surface area (Å²) in [5, 5.41) is 16.2. The quantitative estimate of drug-likeness (QED) is 0.755. The molecule has 0 bridgehead atoms. The van der Waals surface area contributed by atoms with Crippen LogP contribution in [0.4, 0.5) is 0 Å². The Morgan fingerprint density at radius 2 is 2.00 bits per heavy atom. The number of rotatable bonds is 4. The summed E-state index contributed by atoms with van der Waals surface area (Å²) in [6, 6.07) is 9.62. The van der Waals surface area contributed by atoms with Crippen LogP contribution >= 0.6 is 0 Å². The van der Waals surface area contributed by atoms with Gasteiger partial charge in [-0.3, -0.25) is 4.79 Å². The van der Waals surface area contributed by atoms with Crippen molar-refractivity contribution in [1.29, 1.82) is 0 Å². The summed E-state index contributed by atoms with van der Waals surface area (Å²) < 4.78 is 11.6. The number of fused-ring (bicyclic) bond motifs is 1. The van der Waals surface area contributed by atoms with Crippen LogP contribution in [0, 0.1) is 0 Å². The highest BCUT2D eigenvalue weighted by Gasteiger charge is 2.50. The van der Waals surface area contributed by atoms with Gasteiger partial charge in [0, 0.05) is 25.6 Å². The number of benzene rings is 1. The molecule has 2 aliphatic heterocycles. The van der Waals surface area contributed by atoms with E-state index < -0.39 is 18.0 Å². The maximum atomic E-state index is 12.2. The van der Waals surface area contributed by atoms with E-state index in [1.54, 1.807) is 0 Å². The SMILES string of the molecule is CC1(C)O[C@@H]2[C@H](O1)[C@H](O)CN[C@H]2CC(=O)NCc1ccccc1. The highest BCUT2D eigenvalue weighted by Crippen LogP contribution is 2.34. The van der Waals surface area contributed by atoms with Gasteiger partial charge >= 0.3 is 0 Å². The molecule has 0 spiro atoms. The number of hydrogen-bond donors (Lipinski definition) is 3. The summed E-state index contributed by atoms with van der Waals surface area (Å²) >= 11 is 0. The van der Waals surface area contributed by atoms with E-state index >= 15 is 0 Å². The number of ether oxygens (including phenoxy) is 2. The molecule has 0 saturated carbocycles. The van der Waals surface area contributed by atoms with Crippen LogP contribution in [0.5, 0.6) is 0 Å². The van der Waals surface area contributed by atoms with Gasteiger partial charge in [0.05, 0.1) is 6.10 Å². The molecule has 1 aromatic rings. The Bertz CT molecular complexity index is 549. The van der Waals surface area contributed by atoms with Crippen molar-refractivity contribution in [3.8, 4) is 0 Å². The van der Waals surface area contributed by atoms with Crippen LogP contribution in [0.15, 0.2) is 30.3 Å². The van der Waals surface area contributed by atoms with Crippen LogP contribution in [0.2, 0.25) is 0 Å². The molecule has 1 amide bonds. The number of carbonyl (C=O) groups excluding carboxylic acids is 1. The maximum Gasteiger partial charge on any atom is 0.221 e. The predicted molar refractivity (Wildman–Crippen MR) is 84.5 cm³/mol. The van der Waals surface area contributed by atoms with Crippen LogP contribution in [0.25, 0.3) is 0 Å². The second-order valence-corrected chi connectivity index (χ2v) is 6.61. The zero-order chi connectivity index (χ0) is 16.4. The van der Waals surface area contributed by atoms with E-state index in [4.69, 9.17) is 9.47 Å². The lowest BCUT2D eigenvalue weighted by Crippen LogP contribution is -2.59. The van der Waals surface area contributed by atoms with Crippen molar-refractivity contribution in [1.82, 2.24) is 10.6 Å². The Hall–Kier alpha value is -1.47. The molecule has 6 nitrogen and oxygen atoms in total.